The maximum Gasteiger partial charge on any atom is 4.00 e. The Morgan fingerprint density at radius 2 is 0.250 bits per heavy atom. The van der Waals surface area contributed by atoms with E-state index in [2.05, 4.69) is 0 Å². The van der Waals surface area contributed by atoms with Crippen LogP contribution in [0.2, 0.25) is 0 Å². The Morgan fingerprint density at radius 1 is 0.250 bits per heavy atom. The van der Waals surface area contributed by atoms with Crippen molar-refractivity contribution in [3.63, 3.8) is 0 Å². The summed E-state index contributed by atoms with van der Waals surface area (Å²) in [5, 5.41) is 0. The van der Waals surface area contributed by atoms with Crippen LogP contribution >= 0.6 is 0 Å². The van der Waals surface area contributed by atoms with Crippen molar-refractivity contribution in [2.24, 2.45) is 0 Å². The molecule has 0 heterocycles. The molecule has 0 aromatic carbocycles. The molecule has 0 N–H and O–H groups in total. The molecule has 0 fully saturated rings. The molecular weight excluding hydrogens is 821 g/mol. The van der Waals surface area contributed by atoms with Crippen LogP contribution in [-0.4, -0.2) is 34.7 Å². The fraction of sp³-hybridized carbons (Fsp3) is 0. The molecule has 0 bridgehead atoms. The van der Waals surface area contributed by atoms with E-state index in [1.165, 1.54) is 0 Å². The van der Waals surface area contributed by atoms with E-state index < -0.39 is 130 Å². The zero-order chi connectivity index (χ0) is 25.0. The molecule has 0 unspecified atom stereocenters. The quantitative estimate of drug-likeness (QED) is 0.205. The molecule has 0 saturated carbocycles. The first-order valence-electron chi connectivity index (χ1n) is 4.29. The molecule has 0 radical (unpaired) electrons. The smallest absolute Gasteiger partial charge is 4.00 e. The fourth-order valence-electron chi connectivity index (χ4n) is 0. The predicted octanol–water partition coefficient (Wildman–Crippen LogP) is -18.3. The fourth-order valence-corrected chi connectivity index (χ4v) is 0. The zero-order valence-corrected chi connectivity index (χ0v) is 30.6. The van der Waals surface area contributed by atoms with Crippen LogP contribution in [0.3, 0.4) is 0 Å². The van der Waals surface area contributed by atoms with E-state index in [4.69, 9.17) is 74.9 Å². The summed E-state index contributed by atoms with van der Waals surface area (Å²) in [4.78, 5) is 0. The topological polar surface area (TPSA) is 442 Å². The first-order valence-corrected chi connectivity index (χ1v) is 17.7. The van der Waals surface area contributed by atoms with Gasteiger partial charge < -0.3 is 0 Å². The third-order valence-corrected chi connectivity index (χ3v) is 0. The van der Waals surface area contributed by atoms with E-state index in [9.17, 15) is 0 Å². The molecule has 0 aliphatic rings. The molecule has 0 aliphatic carbocycles. The molecule has 0 saturated heterocycles. The van der Waals surface area contributed by atoms with Crippen molar-refractivity contribution < 1.29 is 249 Å². The molecule has 0 atom stereocenters. The van der Waals surface area contributed by atoms with Crippen LogP contribution in [0.5, 0.6) is 0 Å². The van der Waals surface area contributed by atoms with Crippen molar-refractivity contribution in [1.29, 1.82) is 0 Å². The number of rotatable bonds is 0. The first kappa shape index (κ1) is 71.2. The third kappa shape index (κ3) is 1380. The first-order chi connectivity index (χ1) is 12.1. The second-order valence-corrected chi connectivity index (χ2v) is 7.22. The summed E-state index contributed by atoms with van der Waals surface area (Å²) < 4.78 is 180. The third-order valence-electron chi connectivity index (χ3n) is 0. The zero-order valence-electron chi connectivity index (χ0n) is 14.2. The summed E-state index contributed by atoms with van der Waals surface area (Å²) in [6.45, 7) is 0. The van der Waals surface area contributed by atoms with E-state index in [0.29, 0.717) is 0 Å². The van der Waals surface area contributed by atoms with E-state index >= 15 is 0 Å². The Balaban J connectivity index is -0.0000000175. The van der Waals surface area contributed by atoms with Crippen LogP contribution < -0.4 is 51.6 Å². The molecule has 168 valence electrons. The van der Waals surface area contributed by atoms with Gasteiger partial charge in [0, 0.05) is 0 Å². The van der Waals surface area contributed by atoms with Gasteiger partial charge in [-0.1, -0.05) is 0 Å². The van der Waals surface area contributed by atoms with Gasteiger partial charge in [-0.3, -0.25) is 0 Å². The van der Waals surface area contributed by atoms with E-state index in [1.807, 2.05) is 0 Å². The van der Waals surface area contributed by atoms with Gasteiger partial charge in [0.15, 0.2) is 0 Å². The summed E-state index contributed by atoms with van der Waals surface area (Å²) in [5.74, 6) is 0. The number of hydrogen-bond acceptors (Lipinski definition) is 21. The average molecular weight is 821 g/mol. The van der Waals surface area contributed by atoms with Crippen molar-refractivity contribution >= 4 is 34.7 Å². The molecule has 32 heteroatoms. The van der Waals surface area contributed by atoms with E-state index in [0.717, 1.165) is 0 Å². The Morgan fingerprint density at radius 3 is 0.250 bits per heavy atom. The van der Waals surface area contributed by atoms with Gasteiger partial charge in [-0.25, -0.2) is 0 Å². The second kappa shape index (κ2) is 65.5. The van der Waals surface area contributed by atoms with Crippen molar-refractivity contribution in [2.45, 2.75) is 0 Å². The molecule has 21 nitrogen and oxygen atoms in total. The monoisotopic (exact) mass is 821 g/mol. The van der Waals surface area contributed by atoms with Gasteiger partial charge in [0.1, 0.15) is 0 Å². The summed E-state index contributed by atoms with van der Waals surface area (Å²) in [6, 6.07) is 0. The predicted molar refractivity (Wildman–Crippen MR) is 16.3 cm³/mol. The summed E-state index contributed by atoms with van der Waals surface area (Å²) in [7, 11) is 0. The van der Waals surface area contributed by atoms with Crippen molar-refractivity contribution in [3.8, 4) is 0 Å². The van der Waals surface area contributed by atoms with E-state index in [1.54, 1.807) is 0 Å². The van der Waals surface area contributed by atoms with Gasteiger partial charge >= 0.3 is 283 Å². The Hall–Kier alpha value is 5.53. The van der Waals surface area contributed by atoms with Crippen LogP contribution in [0, 0.1) is 0 Å². The van der Waals surface area contributed by atoms with Crippen LogP contribution in [0.15, 0.2) is 0 Å². The number of hydrogen-bond donors (Lipinski definition) is 0. The van der Waals surface area contributed by atoms with Crippen molar-refractivity contribution in [1.82, 2.24) is 0 Å². The normalized spacial score (nSPS) is 5.69. The molecule has 32 heavy (non-hydrogen) atoms. The SMILES string of the molecule is [Al+3].[Al+3].[O]=[Ti]([O-])[O-].[O]=[Ti]([O-])[O-].[O]=[Ti]([O-])[O-].[O]=[Ti]([O-])[O-].[O]=[Ti]([O-])[O-].[O]=[Ti]([O-])[O-].[O]=[Ti]([O-])[O-].[Ti+4].[Ti+4]. The van der Waals surface area contributed by atoms with Gasteiger partial charge in [0.25, 0.3) is 0 Å². The van der Waals surface area contributed by atoms with Crippen LogP contribution in [0.25, 0.3) is 0 Å². The molecule has 0 aromatic heterocycles. The Labute approximate surface area is 277 Å². The maximum atomic E-state index is 8.58. The molecule has 0 rings (SSSR count). The Bertz CT molecular complexity index is 316. The van der Waals surface area contributed by atoms with Crippen LogP contribution in [0.4, 0.5) is 0 Å². The van der Waals surface area contributed by atoms with Crippen LogP contribution in [0.1, 0.15) is 0 Å². The minimum atomic E-state index is -4.08. The molecule has 0 spiro atoms. The summed E-state index contributed by atoms with van der Waals surface area (Å²) >= 11 is -28.6. The van der Waals surface area contributed by atoms with E-state index in [-0.39, 0.29) is 78.2 Å². The van der Waals surface area contributed by atoms with Crippen molar-refractivity contribution in [2.75, 3.05) is 0 Å². The second-order valence-electron chi connectivity index (χ2n) is 1.75. The van der Waals surface area contributed by atoms with Crippen LogP contribution in [-0.2, 0) is 197 Å². The van der Waals surface area contributed by atoms with Gasteiger partial charge in [-0.15, -0.1) is 0 Å². The largest absolute Gasteiger partial charge is 4.00 e. The average Bonchev–Trinajstić information content (AvgIpc) is 2.20. The van der Waals surface area contributed by atoms with Crippen molar-refractivity contribution in [3.05, 3.63) is 0 Å². The molecular formula is Al2O21Ti9. The van der Waals surface area contributed by atoms with Gasteiger partial charge in [0.2, 0.25) is 0 Å². The maximum absolute atomic E-state index is 8.58. The minimum Gasteiger partial charge on any atom is 4.00 e. The Kier molecular flexibility index (Phi) is 146. The summed E-state index contributed by atoms with van der Waals surface area (Å²) in [6.07, 6.45) is 0. The molecule has 0 aliphatic heterocycles. The van der Waals surface area contributed by atoms with Gasteiger partial charge in [-0.2, -0.15) is 0 Å². The molecule has 0 aromatic rings. The van der Waals surface area contributed by atoms with Gasteiger partial charge in [0.05, 0.1) is 0 Å². The van der Waals surface area contributed by atoms with Gasteiger partial charge in [-0.05, 0) is 0 Å². The summed E-state index contributed by atoms with van der Waals surface area (Å²) in [5.41, 5.74) is 0. The minimum absolute atomic E-state index is 0. The molecule has 0 amide bonds. The standard InChI is InChI=1S/2Al.21O.9Ti/q2*+3;;;;;;;;14*-1;;;;;;;;2*+4.